The number of aliphatic imine (C=N–C) groups is 1. The summed E-state index contributed by atoms with van der Waals surface area (Å²) in [6, 6.07) is 15.6. The molecule has 0 saturated carbocycles. The van der Waals surface area contributed by atoms with E-state index >= 15 is 0 Å². The molecule has 0 saturated heterocycles. The third-order valence-electron chi connectivity index (χ3n) is 8.00. The number of amides is 4. The first-order valence-electron chi connectivity index (χ1n) is 16.2. The van der Waals surface area contributed by atoms with Crippen LogP contribution < -0.4 is 30.3 Å². The highest BCUT2D eigenvalue weighted by Crippen LogP contribution is 2.38. The van der Waals surface area contributed by atoms with Gasteiger partial charge in [0.2, 0.25) is 17.7 Å². The van der Waals surface area contributed by atoms with Crippen LogP contribution in [0.3, 0.4) is 0 Å². The highest BCUT2D eigenvalue weighted by atomic mass is 31.0. The summed E-state index contributed by atoms with van der Waals surface area (Å²) in [4.78, 5) is 56.7. The largest absolute Gasteiger partial charge is 0.493 e. The quantitative estimate of drug-likeness (QED) is 0.0996. The van der Waals surface area contributed by atoms with Gasteiger partial charge in [-0.05, 0) is 73.5 Å². The molecule has 0 aliphatic carbocycles. The number of rotatable bonds is 17. The topological polar surface area (TPSA) is 148 Å². The van der Waals surface area contributed by atoms with E-state index in [0.717, 1.165) is 42.5 Å². The van der Waals surface area contributed by atoms with Gasteiger partial charge in [0.15, 0.2) is 11.5 Å². The van der Waals surface area contributed by atoms with E-state index in [1.807, 2.05) is 37.3 Å². The number of unbranched alkanes of at least 4 members (excludes halogenated alkanes) is 2. The molecular formula is C36H44N5O7P. The summed E-state index contributed by atoms with van der Waals surface area (Å²) in [5.74, 6) is -0.608. The minimum atomic E-state index is -0.866. The molecule has 1 heterocycles. The maximum absolute atomic E-state index is 13.6. The first kappa shape index (κ1) is 37.0. The fourth-order valence-corrected chi connectivity index (χ4v) is 5.68. The van der Waals surface area contributed by atoms with Crippen molar-refractivity contribution in [1.82, 2.24) is 10.6 Å². The summed E-state index contributed by atoms with van der Waals surface area (Å²) in [5, 5.41) is 8.02. The maximum atomic E-state index is 13.6. The first-order valence-corrected chi connectivity index (χ1v) is 16.7. The molecule has 1 aliphatic rings. The van der Waals surface area contributed by atoms with Crippen molar-refractivity contribution in [3.8, 4) is 11.5 Å². The van der Waals surface area contributed by atoms with Gasteiger partial charge in [-0.25, -0.2) is 0 Å². The van der Waals surface area contributed by atoms with Crippen LogP contribution in [0.5, 0.6) is 11.5 Å². The van der Waals surface area contributed by atoms with Gasteiger partial charge in [-0.1, -0.05) is 38.0 Å². The number of nitrogens with zero attached hydrogens (tertiary/aromatic N) is 2. The van der Waals surface area contributed by atoms with Crippen molar-refractivity contribution in [3.05, 3.63) is 76.9 Å². The van der Waals surface area contributed by atoms with Crippen LogP contribution in [0.15, 0.2) is 59.6 Å². The third-order valence-corrected chi connectivity index (χ3v) is 8.17. The number of benzene rings is 3. The van der Waals surface area contributed by atoms with E-state index in [-0.39, 0.29) is 31.6 Å². The number of para-hydroxylation sites is 1. The smallest absolute Gasteiger partial charge is 0.260 e. The van der Waals surface area contributed by atoms with Gasteiger partial charge in [0, 0.05) is 39.9 Å². The lowest BCUT2D eigenvalue weighted by Gasteiger charge is -2.20. The highest BCUT2D eigenvalue weighted by Gasteiger charge is 2.28. The van der Waals surface area contributed by atoms with Crippen molar-refractivity contribution in [1.29, 1.82) is 0 Å². The fourth-order valence-electron chi connectivity index (χ4n) is 5.49. The van der Waals surface area contributed by atoms with E-state index in [1.165, 1.54) is 7.11 Å². The number of hydrogen-bond donors (Lipinski definition) is 3. The second-order valence-electron chi connectivity index (χ2n) is 11.7. The standard InChI is InChI=1S/C36H44N5O7P/c1-5-6-7-12-33(42)38-20-34(43)39-23(2)35(44)40-27-16-24(15-25(17-27)22-48-49)21-47-32-19-29(37-3)28(18-31(32)46-4)36(45)41-14-13-26-10-8-9-11-30(26)41/h8-11,15-19,23H,3,5-7,12-14,20-22,49H2,1-2,4H3,(H,38,42)(H,39,43)(H,40,44). The molecule has 4 rings (SSSR count). The zero-order chi connectivity index (χ0) is 35.3. The molecule has 49 heavy (non-hydrogen) atoms. The van der Waals surface area contributed by atoms with Crippen molar-refractivity contribution in [2.45, 2.75) is 65.2 Å². The predicted molar refractivity (Wildman–Crippen MR) is 193 cm³/mol. The van der Waals surface area contributed by atoms with E-state index in [4.69, 9.17) is 14.0 Å². The Morgan fingerprint density at radius 2 is 1.76 bits per heavy atom. The van der Waals surface area contributed by atoms with Gasteiger partial charge < -0.3 is 34.8 Å². The molecule has 0 radical (unpaired) electrons. The Morgan fingerprint density at radius 3 is 2.47 bits per heavy atom. The summed E-state index contributed by atoms with van der Waals surface area (Å²) in [6.45, 7) is 7.97. The van der Waals surface area contributed by atoms with E-state index < -0.39 is 17.9 Å². The monoisotopic (exact) mass is 689 g/mol. The van der Waals surface area contributed by atoms with Crippen LogP contribution in [0.25, 0.3) is 0 Å². The maximum Gasteiger partial charge on any atom is 0.260 e. The Morgan fingerprint density at radius 1 is 1.00 bits per heavy atom. The average Bonchev–Trinajstić information content (AvgIpc) is 3.53. The summed E-state index contributed by atoms with van der Waals surface area (Å²) < 4.78 is 17.0. The third kappa shape index (κ3) is 10.1. The van der Waals surface area contributed by atoms with Crippen LogP contribution in [0.2, 0.25) is 0 Å². The highest BCUT2D eigenvalue weighted by molar-refractivity contribution is 7.09. The summed E-state index contributed by atoms with van der Waals surface area (Å²) in [5.41, 5.74) is 4.63. The Labute approximate surface area is 289 Å². The normalized spacial score (nSPS) is 12.4. The number of carbonyl (C=O) groups is 4. The van der Waals surface area contributed by atoms with E-state index in [1.54, 1.807) is 36.1 Å². The number of fused-ring (bicyclic) bond motifs is 1. The molecule has 260 valence electrons. The molecule has 0 aromatic heterocycles. The van der Waals surface area contributed by atoms with Crippen LogP contribution >= 0.6 is 9.47 Å². The minimum Gasteiger partial charge on any atom is -0.493 e. The second kappa shape index (κ2) is 18.1. The molecule has 2 unspecified atom stereocenters. The number of anilines is 2. The lowest BCUT2D eigenvalue weighted by molar-refractivity contribution is -0.128. The van der Waals surface area contributed by atoms with Gasteiger partial charge in [-0.2, -0.15) is 0 Å². The first-order chi connectivity index (χ1) is 23.7. The lowest BCUT2D eigenvalue weighted by atomic mass is 10.1. The molecule has 13 heteroatoms. The fraction of sp³-hybridized carbons (Fsp3) is 0.361. The Bertz CT molecular complexity index is 1680. The Balaban J connectivity index is 1.43. The summed E-state index contributed by atoms with van der Waals surface area (Å²) in [6.07, 6.45) is 3.84. The molecule has 3 N–H and O–H groups in total. The molecule has 0 bridgehead atoms. The molecular weight excluding hydrogens is 645 g/mol. The molecule has 2 atom stereocenters. The molecule has 1 aliphatic heterocycles. The predicted octanol–water partition coefficient (Wildman–Crippen LogP) is 5.26. The zero-order valence-electron chi connectivity index (χ0n) is 28.2. The SMILES string of the molecule is C=Nc1cc(OCc2cc(COP)cc(NC(=O)C(C)NC(=O)CNC(=O)CCCCC)c2)c(OC)cc1C(=O)N1CCc2ccccc21. The van der Waals surface area contributed by atoms with E-state index in [2.05, 4.69) is 37.1 Å². The van der Waals surface area contributed by atoms with Crippen LogP contribution in [-0.4, -0.2) is 56.6 Å². The number of ether oxygens (including phenoxy) is 2. The molecule has 12 nitrogen and oxygen atoms in total. The molecule has 0 fully saturated rings. The lowest BCUT2D eigenvalue weighted by Crippen LogP contribution is -2.45. The molecule has 3 aromatic rings. The van der Waals surface area contributed by atoms with Gasteiger partial charge in [0.05, 0.1) is 31.5 Å². The van der Waals surface area contributed by atoms with Crippen molar-refractivity contribution < 1.29 is 33.2 Å². The summed E-state index contributed by atoms with van der Waals surface area (Å²) >= 11 is 0. The second-order valence-corrected chi connectivity index (χ2v) is 12.0. The van der Waals surface area contributed by atoms with Crippen LogP contribution in [0.1, 0.15) is 66.6 Å². The van der Waals surface area contributed by atoms with E-state index in [0.29, 0.717) is 47.0 Å². The Hall–Kier alpha value is -4.80. The summed E-state index contributed by atoms with van der Waals surface area (Å²) in [7, 11) is 3.69. The van der Waals surface area contributed by atoms with E-state index in [9.17, 15) is 19.2 Å². The van der Waals surface area contributed by atoms with Crippen LogP contribution in [0, 0.1) is 0 Å². The van der Waals surface area contributed by atoms with Crippen LogP contribution in [-0.2, 0) is 38.5 Å². The van der Waals surface area contributed by atoms with Gasteiger partial charge in [0.1, 0.15) is 12.6 Å². The minimum absolute atomic E-state index is 0.0809. The van der Waals surface area contributed by atoms with Crippen molar-refractivity contribution in [2.75, 3.05) is 30.4 Å². The number of nitrogens with one attached hydrogen (secondary N) is 3. The van der Waals surface area contributed by atoms with Gasteiger partial charge in [0.25, 0.3) is 5.91 Å². The number of methoxy groups -OCH3 is 1. The van der Waals surface area contributed by atoms with Gasteiger partial charge in [-0.15, -0.1) is 0 Å². The Kier molecular flexibility index (Phi) is 13.7. The van der Waals surface area contributed by atoms with Crippen molar-refractivity contribution in [3.63, 3.8) is 0 Å². The molecule has 3 aromatic carbocycles. The zero-order valence-corrected chi connectivity index (χ0v) is 29.3. The van der Waals surface area contributed by atoms with Crippen molar-refractivity contribution >= 4 is 56.9 Å². The number of hydrogen-bond acceptors (Lipinski definition) is 8. The van der Waals surface area contributed by atoms with Gasteiger partial charge >= 0.3 is 0 Å². The van der Waals surface area contributed by atoms with Gasteiger partial charge in [-0.3, -0.25) is 24.2 Å². The molecule has 4 amide bonds. The average molecular weight is 690 g/mol. The molecule has 0 spiro atoms. The van der Waals surface area contributed by atoms with Crippen LogP contribution in [0.4, 0.5) is 17.1 Å². The van der Waals surface area contributed by atoms with Crippen molar-refractivity contribution in [2.24, 2.45) is 4.99 Å². The number of carbonyl (C=O) groups excluding carboxylic acids is 4.